The molecule has 4 N–H and O–H groups in total. The van der Waals surface area contributed by atoms with E-state index in [2.05, 4.69) is 27.6 Å². The van der Waals surface area contributed by atoms with E-state index in [-0.39, 0.29) is 23.4 Å². The highest BCUT2D eigenvalue weighted by molar-refractivity contribution is 6.01. The smallest absolute Gasteiger partial charge is 0.252 e. The molecule has 3 aromatic rings. The summed E-state index contributed by atoms with van der Waals surface area (Å²) in [5, 5.41) is 10.7. The van der Waals surface area contributed by atoms with Crippen molar-refractivity contribution >= 4 is 29.0 Å². The molecule has 11 nitrogen and oxygen atoms in total. The number of para-hydroxylation sites is 1. The molecule has 2 aromatic heterocycles. The number of carbonyl (C=O) groups excluding carboxylic acids is 2. The monoisotopic (exact) mass is 532 g/mol. The standard InChI is InChI=1S/C28H32N6O5/c1-16-10-17(11-16)27(36)33-24-12-22(20(14-30-24)26(29)35)32-21-5-3-4-19(25(21)37-2)18-13-31-34(15-18)23-6-7-28(23)38-8-9-39-28/h3-5,12-17,23H,6-11H2,1-2H3,(H2,29,35)(H2,30,32,33,36)/t16-,17-,23-/m0/s1. The van der Waals surface area contributed by atoms with Gasteiger partial charge in [-0.3, -0.25) is 14.3 Å². The minimum atomic E-state index is -0.641. The number of methoxy groups -OCH3 is 1. The van der Waals surface area contributed by atoms with Crippen molar-refractivity contribution in [3.63, 3.8) is 0 Å². The number of primary amides is 1. The van der Waals surface area contributed by atoms with Crippen LogP contribution in [0, 0.1) is 11.8 Å². The maximum Gasteiger partial charge on any atom is 0.252 e. The molecule has 2 aliphatic carbocycles. The first-order valence-corrected chi connectivity index (χ1v) is 13.2. The number of nitrogens with two attached hydrogens (primary N) is 1. The maximum atomic E-state index is 12.6. The first-order valence-electron chi connectivity index (χ1n) is 13.2. The van der Waals surface area contributed by atoms with Crippen LogP contribution < -0.4 is 21.1 Å². The van der Waals surface area contributed by atoms with Gasteiger partial charge in [-0.05, 0) is 31.2 Å². The Bertz CT molecular complexity index is 1410. The molecule has 204 valence electrons. The number of anilines is 3. The predicted octanol–water partition coefficient (Wildman–Crippen LogP) is 3.86. The molecule has 39 heavy (non-hydrogen) atoms. The van der Waals surface area contributed by atoms with Gasteiger partial charge >= 0.3 is 0 Å². The predicted molar refractivity (Wildman–Crippen MR) is 144 cm³/mol. The number of amides is 2. The Morgan fingerprint density at radius 1 is 1.18 bits per heavy atom. The summed E-state index contributed by atoms with van der Waals surface area (Å²) in [5.41, 5.74) is 8.53. The average molecular weight is 533 g/mol. The van der Waals surface area contributed by atoms with Crippen molar-refractivity contribution in [3.05, 3.63) is 48.4 Å². The number of aromatic nitrogens is 3. The highest BCUT2D eigenvalue weighted by Crippen LogP contribution is 2.49. The van der Waals surface area contributed by atoms with Crippen molar-refractivity contribution < 1.29 is 23.8 Å². The second-order valence-electron chi connectivity index (χ2n) is 10.5. The largest absolute Gasteiger partial charge is 0.494 e. The summed E-state index contributed by atoms with van der Waals surface area (Å²) >= 11 is 0. The number of benzene rings is 1. The van der Waals surface area contributed by atoms with E-state index < -0.39 is 11.7 Å². The molecule has 0 radical (unpaired) electrons. The van der Waals surface area contributed by atoms with Gasteiger partial charge in [0, 0.05) is 41.9 Å². The average Bonchev–Trinajstić information content (AvgIpc) is 3.58. The Kier molecular flexibility index (Phi) is 6.48. The Morgan fingerprint density at radius 2 is 1.97 bits per heavy atom. The number of hydrogen-bond acceptors (Lipinski definition) is 8. The minimum Gasteiger partial charge on any atom is -0.494 e. The van der Waals surface area contributed by atoms with Crippen LogP contribution in [0.3, 0.4) is 0 Å². The molecule has 1 aromatic carbocycles. The molecular formula is C28H32N6O5. The molecule has 0 bridgehead atoms. The lowest BCUT2D eigenvalue weighted by Crippen LogP contribution is -2.49. The quantitative estimate of drug-likeness (QED) is 0.397. The Hall–Kier alpha value is -3.96. The molecule has 3 aliphatic rings. The van der Waals surface area contributed by atoms with Crippen LogP contribution in [0.4, 0.5) is 17.2 Å². The van der Waals surface area contributed by atoms with Crippen LogP contribution >= 0.6 is 0 Å². The number of pyridine rings is 1. The zero-order chi connectivity index (χ0) is 27.1. The van der Waals surface area contributed by atoms with Crippen molar-refractivity contribution in [3.8, 4) is 16.9 Å². The summed E-state index contributed by atoms with van der Waals surface area (Å²) in [5.74, 6) is 0.147. The number of nitrogens with zero attached hydrogens (tertiary/aromatic N) is 3. The fraction of sp³-hybridized carbons (Fsp3) is 0.429. The zero-order valence-electron chi connectivity index (χ0n) is 22.0. The van der Waals surface area contributed by atoms with E-state index in [1.807, 2.05) is 29.1 Å². The fourth-order valence-electron chi connectivity index (χ4n) is 5.69. The van der Waals surface area contributed by atoms with Crippen LogP contribution in [0.5, 0.6) is 5.75 Å². The normalized spacial score (nSPS) is 23.1. The first kappa shape index (κ1) is 25.3. The molecule has 1 atom stereocenters. The molecule has 2 saturated carbocycles. The van der Waals surface area contributed by atoms with Gasteiger partial charge in [-0.1, -0.05) is 19.1 Å². The van der Waals surface area contributed by atoms with Gasteiger partial charge in [-0.15, -0.1) is 0 Å². The van der Waals surface area contributed by atoms with E-state index >= 15 is 0 Å². The van der Waals surface area contributed by atoms with Crippen LogP contribution in [-0.4, -0.2) is 52.7 Å². The van der Waals surface area contributed by atoms with Crippen molar-refractivity contribution in [2.75, 3.05) is 31.0 Å². The topological polar surface area (TPSA) is 143 Å². The van der Waals surface area contributed by atoms with E-state index in [4.69, 9.17) is 19.9 Å². The molecule has 2 amide bonds. The molecule has 1 aliphatic heterocycles. The summed E-state index contributed by atoms with van der Waals surface area (Å²) < 4.78 is 19.5. The summed E-state index contributed by atoms with van der Waals surface area (Å²) in [6.45, 7) is 3.32. The Morgan fingerprint density at radius 3 is 2.64 bits per heavy atom. The second-order valence-corrected chi connectivity index (χ2v) is 10.5. The van der Waals surface area contributed by atoms with Crippen molar-refractivity contribution in [2.45, 2.75) is 44.4 Å². The van der Waals surface area contributed by atoms with Gasteiger partial charge in [-0.2, -0.15) is 5.10 Å². The third kappa shape index (κ3) is 4.61. The second kappa shape index (κ2) is 9.97. The van der Waals surface area contributed by atoms with Gasteiger partial charge in [0.25, 0.3) is 5.91 Å². The summed E-state index contributed by atoms with van der Waals surface area (Å²) in [6.07, 6.45) is 8.62. The van der Waals surface area contributed by atoms with E-state index in [0.29, 0.717) is 42.1 Å². The number of rotatable bonds is 8. The molecule has 1 spiro atoms. The molecule has 3 fully saturated rings. The van der Waals surface area contributed by atoms with Crippen LogP contribution in [0.15, 0.2) is 42.9 Å². The van der Waals surface area contributed by atoms with E-state index in [1.165, 1.54) is 6.20 Å². The van der Waals surface area contributed by atoms with Gasteiger partial charge in [0.1, 0.15) is 17.6 Å². The van der Waals surface area contributed by atoms with Crippen LogP contribution in [0.2, 0.25) is 0 Å². The van der Waals surface area contributed by atoms with Gasteiger partial charge in [0.2, 0.25) is 5.91 Å². The van der Waals surface area contributed by atoms with E-state index in [0.717, 1.165) is 36.8 Å². The highest BCUT2D eigenvalue weighted by atomic mass is 16.7. The molecule has 11 heteroatoms. The molecule has 3 heterocycles. The Labute approximate surface area is 226 Å². The third-order valence-corrected chi connectivity index (χ3v) is 7.94. The van der Waals surface area contributed by atoms with Gasteiger partial charge < -0.3 is 30.6 Å². The fourth-order valence-corrected chi connectivity index (χ4v) is 5.69. The van der Waals surface area contributed by atoms with Crippen molar-refractivity contribution in [1.82, 2.24) is 14.8 Å². The molecular weight excluding hydrogens is 500 g/mol. The molecule has 0 unspecified atom stereocenters. The van der Waals surface area contributed by atoms with Crippen molar-refractivity contribution in [1.29, 1.82) is 0 Å². The summed E-state index contributed by atoms with van der Waals surface area (Å²) in [7, 11) is 1.59. The highest BCUT2D eigenvalue weighted by Gasteiger charge is 2.53. The summed E-state index contributed by atoms with van der Waals surface area (Å²) in [6, 6.07) is 7.30. The number of carbonyl (C=O) groups is 2. The minimum absolute atomic E-state index is 0.0201. The van der Waals surface area contributed by atoms with Gasteiger partial charge in [0.05, 0.1) is 43.5 Å². The van der Waals surface area contributed by atoms with Crippen molar-refractivity contribution in [2.24, 2.45) is 17.6 Å². The van der Waals surface area contributed by atoms with Gasteiger partial charge in [-0.25, -0.2) is 4.98 Å². The number of nitrogens with one attached hydrogen (secondary N) is 2. The lowest BCUT2D eigenvalue weighted by Gasteiger charge is -2.44. The maximum absolute atomic E-state index is 12.6. The zero-order valence-corrected chi connectivity index (χ0v) is 22.0. The van der Waals surface area contributed by atoms with E-state index in [9.17, 15) is 9.59 Å². The van der Waals surface area contributed by atoms with Crippen LogP contribution in [0.1, 0.15) is 49.0 Å². The lowest BCUT2D eigenvalue weighted by molar-refractivity contribution is -0.242. The number of hydrogen-bond donors (Lipinski definition) is 3. The summed E-state index contributed by atoms with van der Waals surface area (Å²) in [4.78, 5) is 29.0. The molecule has 6 rings (SSSR count). The van der Waals surface area contributed by atoms with Crippen LogP contribution in [-0.2, 0) is 14.3 Å². The van der Waals surface area contributed by atoms with E-state index in [1.54, 1.807) is 19.4 Å². The molecule has 1 saturated heterocycles. The number of ether oxygens (including phenoxy) is 3. The van der Waals surface area contributed by atoms with Crippen LogP contribution in [0.25, 0.3) is 11.1 Å². The first-order chi connectivity index (χ1) is 18.9. The lowest BCUT2D eigenvalue weighted by atomic mass is 9.76. The SMILES string of the molecule is COc1c(Nc2cc(NC(=O)[C@H]3C[C@H](C)C3)ncc2C(N)=O)cccc1-c1cnn([C@H]2CCC23OCCO3)c1. The third-order valence-electron chi connectivity index (χ3n) is 7.94. The van der Waals surface area contributed by atoms with Gasteiger partial charge in [0.15, 0.2) is 5.79 Å². The Balaban J connectivity index is 1.27.